The van der Waals surface area contributed by atoms with E-state index in [0.29, 0.717) is 12.5 Å². The molecule has 108 valence electrons. The summed E-state index contributed by atoms with van der Waals surface area (Å²) in [7, 11) is 0. The van der Waals surface area contributed by atoms with Crippen molar-refractivity contribution in [2.45, 2.75) is 33.2 Å². The molecule has 1 N–H and O–H groups in total. The third-order valence-corrected chi connectivity index (χ3v) is 3.55. The van der Waals surface area contributed by atoms with E-state index in [1.54, 1.807) is 0 Å². The predicted octanol–water partition coefficient (Wildman–Crippen LogP) is 2.68. The molecule has 0 amide bonds. The van der Waals surface area contributed by atoms with E-state index in [0.717, 1.165) is 25.6 Å². The number of rotatable bonds is 8. The molecule has 1 fully saturated rings. The highest BCUT2D eigenvalue weighted by Crippen LogP contribution is 2.32. The summed E-state index contributed by atoms with van der Waals surface area (Å²) in [4.78, 5) is 6.58. The zero-order valence-corrected chi connectivity index (χ0v) is 12.6. The Morgan fingerprint density at radius 3 is 2.95 bits per heavy atom. The van der Waals surface area contributed by atoms with Crippen LogP contribution in [0.25, 0.3) is 0 Å². The molecule has 3 heteroatoms. The highest BCUT2D eigenvalue weighted by Gasteiger charge is 2.25. The molecule has 0 unspecified atom stereocenters. The molecule has 0 saturated heterocycles. The highest BCUT2D eigenvalue weighted by atomic mass is 15.1. The van der Waals surface area contributed by atoms with Gasteiger partial charge >= 0.3 is 0 Å². The number of nitrogens with zero attached hydrogens (tertiary/aromatic N) is 2. The monoisotopic (exact) mass is 271 g/mol. The highest BCUT2D eigenvalue weighted by molar-refractivity contribution is 5.52. The molecule has 2 rings (SSSR count). The molecule has 0 aliphatic heterocycles. The number of terminal acetylenes is 1. The van der Waals surface area contributed by atoms with Crippen molar-refractivity contribution in [2.24, 2.45) is 11.8 Å². The first-order valence-corrected chi connectivity index (χ1v) is 7.52. The van der Waals surface area contributed by atoms with Crippen LogP contribution >= 0.6 is 0 Å². The third-order valence-electron chi connectivity index (χ3n) is 3.55. The molecule has 0 atom stereocenters. The largest absolute Gasteiger partial charge is 0.359 e. The van der Waals surface area contributed by atoms with Gasteiger partial charge in [-0.2, -0.15) is 0 Å². The summed E-state index contributed by atoms with van der Waals surface area (Å²) in [6, 6.07) is 2.10. The van der Waals surface area contributed by atoms with E-state index in [2.05, 4.69) is 41.0 Å². The molecule has 3 nitrogen and oxygen atoms in total. The topological polar surface area (TPSA) is 28.2 Å². The Labute approximate surface area is 122 Å². The van der Waals surface area contributed by atoms with Gasteiger partial charge in [0, 0.05) is 19.3 Å². The first kappa shape index (κ1) is 14.9. The van der Waals surface area contributed by atoms with Crippen molar-refractivity contribution in [1.29, 1.82) is 0 Å². The fourth-order valence-electron chi connectivity index (χ4n) is 2.32. The van der Waals surface area contributed by atoms with Gasteiger partial charge in [-0.25, -0.2) is 0 Å². The van der Waals surface area contributed by atoms with E-state index in [1.807, 2.05) is 12.4 Å². The maximum atomic E-state index is 5.53. The Morgan fingerprint density at radius 1 is 1.50 bits per heavy atom. The Balaban J connectivity index is 2.05. The normalized spacial score (nSPS) is 14.3. The lowest BCUT2D eigenvalue weighted by Gasteiger charge is -2.25. The molecule has 20 heavy (non-hydrogen) atoms. The minimum atomic E-state index is 0.661. The lowest BCUT2D eigenvalue weighted by atomic mass is 10.1. The molecule has 0 radical (unpaired) electrons. The van der Waals surface area contributed by atoms with E-state index in [-0.39, 0.29) is 0 Å². The van der Waals surface area contributed by atoms with E-state index < -0.39 is 0 Å². The predicted molar refractivity (Wildman–Crippen MR) is 84.6 cm³/mol. The first-order chi connectivity index (χ1) is 9.70. The van der Waals surface area contributed by atoms with Crippen LogP contribution in [-0.4, -0.2) is 24.6 Å². The van der Waals surface area contributed by atoms with Crippen molar-refractivity contribution in [3.05, 3.63) is 24.0 Å². The van der Waals surface area contributed by atoms with Crippen molar-refractivity contribution in [3.8, 4) is 12.3 Å². The number of hydrogen-bond acceptors (Lipinski definition) is 3. The van der Waals surface area contributed by atoms with Crippen molar-refractivity contribution in [3.63, 3.8) is 0 Å². The number of hydrogen-bond donors (Lipinski definition) is 1. The molecule has 1 saturated carbocycles. The Hall–Kier alpha value is -1.53. The summed E-state index contributed by atoms with van der Waals surface area (Å²) in [5.41, 5.74) is 2.48. The Kier molecular flexibility index (Phi) is 5.43. The van der Waals surface area contributed by atoms with Crippen LogP contribution in [0.3, 0.4) is 0 Å². The Bertz CT molecular complexity index is 458. The van der Waals surface area contributed by atoms with Gasteiger partial charge < -0.3 is 10.2 Å². The zero-order chi connectivity index (χ0) is 14.4. The lowest BCUT2D eigenvalue weighted by Crippen LogP contribution is -2.28. The third kappa shape index (κ3) is 4.54. The maximum Gasteiger partial charge on any atom is 0.0792 e. The number of aromatic nitrogens is 1. The van der Waals surface area contributed by atoms with Crippen LogP contribution in [-0.2, 0) is 6.54 Å². The summed E-state index contributed by atoms with van der Waals surface area (Å²) in [5.74, 6) is 4.26. The van der Waals surface area contributed by atoms with Gasteiger partial charge in [-0.3, -0.25) is 4.98 Å². The quantitative estimate of drug-likeness (QED) is 0.737. The molecule has 1 aromatic rings. The fourth-order valence-corrected chi connectivity index (χ4v) is 2.32. The summed E-state index contributed by atoms with van der Waals surface area (Å²) < 4.78 is 0. The van der Waals surface area contributed by atoms with E-state index in [1.165, 1.54) is 24.1 Å². The van der Waals surface area contributed by atoms with E-state index in [9.17, 15) is 0 Å². The van der Waals surface area contributed by atoms with Crippen LogP contribution in [0.15, 0.2) is 18.5 Å². The standard InChI is InChI=1S/C17H25N3/c1-4-9-20(13-15-5-6-15)17-12-18-8-7-16(17)11-19-10-14(2)3/h1,7-8,12,14-15,19H,5-6,9-11,13H2,2-3H3. The minimum absolute atomic E-state index is 0.661. The number of nitrogens with one attached hydrogen (secondary N) is 1. The average Bonchev–Trinajstić information content (AvgIpc) is 3.22. The number of anilines is 1. The number of pyridine rings is 1. The second-order valence-corrected chi connectivity index (χ2v) is 6.06. The van der Waals surface area contributed by atoms with Crippen LogP contribution in [0, 0.1) is 24.2 Å². The van der Waals surface area contributed by atoms with Gasteiger partial charge in [-0.15, -0.1) is 6.42 Å². The van der Waals surface area contributed by atoms with Gasteiger partial charge in [-0.05, 0) is 42.9 Å². The average molecular weight is 271 g/mol. The van der Waals surface area contributed by atoms with E-state index >= 15 is 0 Å². The van der Waals surface area contributed by atoms with Crippen LogP contribution < -0.4 is 10.2 Å². The molecule has 0 spiro atoms. The second-order valence-electron chi connectivity index (χ2n) is 6.06. The van der Waals surface area contributed by atoms with Gasteiger partial charge in [0.15, 0.2) is 0 Å². The molecule has 1 aromatic heterocycles. The van der Waals surface area contributed by atoms with Gasteiger partial charge in [0.05, 0.1) is 18.4 Å². The maximum absolute atomic E-state index is 5.53. The molecule has 1 aliphatic rings. The lowest BCUT2D eigenvalue weighted by molar-refractivity contribution is 0.551. The summed E-state index contributed by atoms with van der Waals surface area (Å²) in [6.07, 6.45) is 12.0. The van der Waals surface area contributed by atoms with Gasteiger partial charge in [0.1, 0.15) is 0 Å². The zero-order valence-electron chi connectivity index (χ0n) is 12.6. The van der Waals surface area contributed by atoms with Crippen molar-refractivity contribution in [1.82, 2.24) is 10.3 Å². The summed E-state index contributed by atoms with van der Waals surface area (Å²) >= 11 is 0. The van der Waals surface area contributed by atoms with Crippen molar-refractivity contribution >= 4 is 5.69 Å². The Morgan fingerprint density at radius 2 is 2.30 bits per heavy atom. The smallest absolute Gasteiger partial charge is 0.0792 e. The first-order valence-electron chi connectivity index (χ1n) is 7.52. The minimum Gasteiger partial charge on any atom is -0.359 e. The molecule has 0 aromatic carbocycles. The van der Waals surface area contributed by atoms with E-state index in [4.69, 9.17) is 6.42 Å². The van der Waals surface area contributed by atoms with Crippen molar-refractivity contribution < 1.29 is 0 Å². The summed E-state index contributed by atoms with van der Waals surface area (Å²) in [6.45, 7) is 8.07. The van der Waals surface area contributed by atoms with Crippen molar-refractivity contribution in [2.75, 3.05) is 24.5 Å². The van der Waals surface area contributed by atoms with Gasteiger partial charge in [-0.1, -0.05) is 19.8 Å². The molecule has 0 bridgehead atoms. The van der Waals surface area contributed by atoms with Gasteiger partial charge in [0.2, 0.25) is 0 Å². The second kappa shape index (κ2) is 7.31. The molecule has 1 heterocycles. The van der Waals surface area contributed by atoms with Gasteiger partial charge in [0.25, 0.3) is 0 Å². The van der Waals surface area contributed by atoms with Crippen LogP contribution in [0.5, 0.6) is 0 Å². The van der Waals surface area contributed by atoms with Crippen LogP contribution in [0.4, 0.5) is 5.69 Å². The molecular formula is C17H25N3. The SMILES string of the molecule is C#CCN(CC1CC1)c1cnccc1CNCC(C)C. The summed E-state index contributed by atoms with van der Waals surface area (Å²) in [5, 5.41) is 3.50. The van der Waals surface area contributed by atoms with Crippen LogP contribution in [0.2, 0.25) is 0 Å². The molecular weight excluding hydrogens is 246 g/mol. The van der Waals surface area contributed by atoms with Crippen LogP contribution in [0.1, 0.15) is 32.3 Å². The molecule has 1 aliphatic carbocycles. The fraction of sp³-hybridized carbons (Fsp3) is 0.588.